The molecule has 0 unspecified atom stereocenters. The molecule has 2 aromatic rings. The third-order valence-electron chi connectivity index (χ3n) is 4.28. The zero-order valence-corrected chi connectivity index (χ0v) is 13.5. The van der Waals surface area contributed by atoms with E-state index < -0.39 is 0 Å². The molecule has 0 aromatic heterocycles. The average molecular weight is 328 g/mol. The average Bonchev–Trinajstić information content (AvgIpc) is 2.61. The van der Waals surface area contributed by atoms with Gasteiger partial charge in [-0.3, -0.25) is 9.59 Å². The second kappa shape index (κ2) is 6.97. The van der Waals surface area contributed by atoms with E-state index in [1.165, 1.54) is 0 Å². The Kier molecular flexibility index (Phi) is 4.77. The van der Waals surface area contributed by atoms with Gasteiger partial charge < -0.3 is 4.90 Å². The van der Waals surface area contributed by atoms with Gasteiger partial charge in [0.25, 0.3) is 5.91 Å². The first kappa shape index (κ1) is 15.8. The molecule has 0 aliphatic carbocycles. The fraction of sp³-hybridized carbons (Fsp3) is 0.263. The normalized spacial score (nSPS) is 15.4. The molecule has 23 heavy (non-hydrogen) atoms. The van der Waals surface area contributed by atoms with Crippen molar-refractivity contribution >= 4 is 23.3 Å². The predicted molar refractivity (Wildman–Crippen MR) is 90.9 cm³/mol. The lowest BCUT2D eigenvalue weighted by atomic mass is 9.88. The van der Waals surface area contributed by atoms with E-state index >= 15 is 0 Å². The highest BCUT2D eigenvalue weighted by atomic mass is 35.5. The molecule has 118 valence electrons. The van der Waals surface area contributed by atoms with Gasteiger partial charge in [-0.1, -0.05) is 48.0 Å². The highest BCUT2D eigenvalue weighted by Gasteiger charge is 2.28. The highest BCUT2D eigenvalue weighted by molar-refractivity contribution is 6.30. The number of hydrogen-bond acceptors (Lipinski definition) is 2. The molecule has 4 heteroatoms. The van der Waals surface area contributed by atoms with Crippen molar-refractivity contribution in [3.05, 3.63) is 70.7 Å². The Labute approximate surface area is 140 Å². The van der Waals surface area contributed by atoms with E-state index in [1.807, 2.05) is 30.3 Å². The SMILES string of the molecule is O=C(c1ccccc1)C1CCN(C(=O)c2cccc(Cl)c2)CC1. The van der Waals surface area contributed by atoms with Crippen LogP contribution in [0.5, 0.6) is 0 Å². The number of likely N-dealkylation sites (tertiary alicyclic amines) is 1. The summed E-state index contributed by atoms with van der Waals surface area (Å²) < 4.78 is 0. The summed E-state index contributed by atoms with van der Waals surface area (Å²) >= 11 is 5.95. The third-order valence-corrected chi connectivity index (χ3v) is 4.52. The van der Waals surface area contributed by atoms with Crippen LogP contribution < -0.4 is 0 Å². The van der Waals surface area contributed by atoms with E-state index in [0.717, 1.165) is 5.56 Å². The van der Waals surface area contributed by atoms with E-state index in [0.29, 0.717) is 36.5 Å². The first-order valence-electron chi connectivity index (χ1n) is 7.79. The Hall–Kier alpha value is -2.13. The molecule has 0 saturated carbocycles. The summed E-state index contributed by atoms with van der Waals surface area (Å²) in [5.41, 5.74) is 1.36. The van der Waals surface area contributed by atoms with Gasteiger partial charge in [0.05, 0.1) is 0 Å². The number of hydrogen-bond donors (Lipinski definition) is 0. The number of carbonyl (C=O) groups excluding carboxylic acids is 2. The maximum atomic E-state index is 12.5. The number of nitrogens with zero attached hydrogens (tertiary/aromatic N) is 1. The Morgan fingerprint density at radius 3 is 2.22 bits per heavy atom. The minimum Gasteiger partial charge on any atom is -0.339 e. The lowest BCUT2D eigenvalue weighted by Gasteiger charge is -2.31. The summed E-state index contributed by atoms with van der Waals surface area (Å²) in [5, 5.41) is 0.560. The number of amides is 1. The zero-order chi connectivity index (χ0) is 16.2. The molecule has 0 spiro atoms. The molecule has 0 atom stereocenters. The minimum absolute atomic E-state index is 0.000751. The summed E-state index contributed by atoms with van der Waals surface area (Å²) in [7, 11) is 0. The van der Waals surface area contributed by atoms with Gasteiger partial charge in [0.2, 0.25) is 0 Å². The molecule has 0 bridgehead atoms. The van der Waals surface area contributed by atoms with E-state index in [1.54, 1.807) is 29.2 Å². The van der Waals surface area contributed by atoms with Crippen LogP contribution in [0.2, 0.25) is 5.02 Å². The van der Waals surface area contributed by atoms with Crippen LogP contribution in [0.1, 0.15) is 33.6 Å². The molecule has 1 heterocycles. The summed E-state index contributed by atoms with van der Waals surface area (Å²) in [6.07, 6.45) is 1.42. The Bertz CT molecular complexity index is 706. The molecule has 1 aliphatic rings. The van der Waals surface area contributed by atoms with Gasteiger partial charge in [0, 0.05) is 35.2 Å². The van der Waals surface area contributed by atoms with Crippen molar-refractivity contribution in [1.29, 1.82) is 0 Å². The predicted octanol–water partition coefficient (Wildman–Crippen LogP) is 4.08. The molecule has 0 radical (unpaired) electrons. The highest BCUT2D eigenvalue weighted by Crippen LogP contribution is 2.23. The van der Waals surface area contributed by atoms with Crippen LogP contribution in [0, 0.1) is 5.92 Å². The van der Waals surface area contributed by atoms with Gasteiger partial charge in [-0.2, -0.15) is 0 Å². The van der Waals surface area contributed by atoms with Crippen molar-refractivity contribution in [3.8, 4) is 0 Å². The molecular formula is C19H18ClNO2. The summed E-state index contributed by atoms with van der Waals surface area (Å²) in [6.45, 7) is 1.21. The van der Waals surface area contributed by atoms with Crippen LogP contribution in [0.4, 0.5) is 0 Å². The van der Waals surface area contributed by atoms with Crippen molar-refractivity contribution in [1.82, 2.24) is 4.90 Å². The standard InChI is InChI=1S/C19H18ClNO2/c20-17-8-4-7-16(13-17)19(23)21-11-9-15(10-12-21)18(22)14-5-2-1-3-6-14/h1-8,13,15H,9-12H2. The van der Waals surface area contributed by atoms with Crippen LogP contribution in [0.3, 0.4) is 0 Å². The topological polar surface area (TPSA) is 37.4 Å². The van der Waals surface area contributed by atoms with Crippen molar-refractivity contribution in [2.24, 2.45) is 5.92 Å². The van der Waals surface area contributed by atoms with Gasteiger partial charge in [0.1, 0.15) is 0 Å². The number of Topliss-reactive ketones (excluding diaryl/α,β-unsaturated/α-hetero) is 1. The summed E-state index contributed by atoms with van der Waals surface area (Å²) in [5.74, 6) is 0.166. The van der Waals surface area contributed by atoms with Crippen LogP contribution in [-0.4, -0.2) is 29.7 Å². The summed E-state index contributed by atoms with van der Waals surface area (Å²) in [6, 6.07) is 16.4. The molecule has 1 fully saturated rings. The Morgan fingerprint density at radius 1 is 0.913 bits per heavy atom. The number of piperidine rings is 1. The molecule has 1 aliphatic heterocycles. The summed E-state index contributed by atoms with van der Waals surface area (Å²) in [4.78, 5) is 26.8. The van der Waals surface area contributed by atoms with Gasteiger partial charge in [-0.05, 0) is 31.0 Å². The zero-order valence-electron chi connectivity index (χ0n) is 12.7. The van der Waals surface area contributed by atoms with Crippen molar-refractivity contribution in [2.45, 2.75) is 12.8 Å². The van der Waals surface area contributed by atoms with E-state index in [2.05, 4.69) is 0 Å². The maximum absolute atomic E-state index is 12.5. The number of ketones is 1. The second-order valence-electron chi connectivity index (χ2n) is 5.81. The molecule has 3 rings (SSSR count). The smallest absolute Gasteiger partial charge is 0.253 e. The molecule has 1 amide bonds. The van der Waals surface area contributed by atoms with E-state index in [4.69, 9.17) is 11.6 Å². The quantitative estimate of drug-likeness (QED) is 0.797. The first-order valence-corrected chi connectivity index (χ1v) is 8.17. The number of rotatable bonds is 3. The van der Waals surface area contributed by atoms with Gasteiger partial charge in [-0.15, -0.1) is 0 Å². The van der Waals surface area contributed by atoms with Crippen molar-refractivity contribution in [3.63, 3.8) is 0 Å². The number of halogens is 1. The molecule has 1 saturated heterocycles. The lowest BCUT2D eigenvalue weighted by molar-refractivity contribution is 0.0650. The van der Waals surface area contributed by atoms with E-state index in [-0.39, 0.29) is 17.6 Å². The lowest BCUT2D eigenvalue weighted by Crippen LogP contribution is -2.40. The van der Waals surface area contributed by atoms with Gasteiger partial charge >= 0.3 is 0 Å². The Morgan fingerprint density at radius 2 is 1.57 bits per heavy atom. The first-order chi connectivity index (χ1) is 11.1. The van der Waals surface area contributed by atoms with Crippen LogP contribution in [-0.2, 0) is 0 Å². The Balaban J connectivity index is 1.62. The third kappa shape index (κ3) is 3.62. The molecular weight excluding hydrogens is 310 g/mol. The molecule has 0 N–H and O–H groups in total. The van der Waals surface area contributed by atoms with Gasteiger partial charge in [-0.25, -0.2) is 0 Å². The van der Waals surface area contributed by atoms with Crippen molar-refractivity contribution in [2.75, 3.05) is 13.1 Å². The van der Waals surface area contributed by atoms with Crippen LogP contribution in [0.15, 0.2) is 54.6 Å². The second-order valence-corrected chi connectivity index (χ2v) is 6.24. The van der Waals surface area contributed by atoms with E-state index in [9.17, 15) is 9.59 Å². The molecule has 2 aromatic carbocycles. The largest absolute Gasteiger partial charge is 0.339 e. The van der Waals surface area contributed by atoms with Crippen LogP contribution >= 0.6 is 11.6 Å². The van der Waals surface area contributed by atoms with Crippen LogP contribution in [0.25, 0.3) is 0 Å². The fourth-order valence-corrected chi connectivity index (χ4v) is 3.18. The number of carbonyl (C=O) groups is 2. The van der Waals surface area contributed by atoms with Crippen molar-refractivity contribution < 1.29 is 9.59 Å². The maximum Gasteiger partial charge on any atom is 0.253 e. The van der Waals surface area contributed by atoms with Gasteiger partial charge in [0.15, 0.2) is 5.78 Å². The molecule has 3 nitrogen and oxygen atoms in total. The number of benzene rings is 2. The fourth-order valence-electron chi connectivity index (χ4n) is 2.99. The minimum atomic E-state index is -0.0156. The monoisotopic (exact) mass is 327 g/mol.